The van der Waals surface area contributed by atoms with Crippen LogP contribution in [0.15, 0.2) is 24.3 Å². The maximum Gasteiger partial charge on any atom is 0.0670 e. The molecule has 0 radical (unpaired) electrons. The first-order valence-electron chi connectivity index (χ1n) is 6.16. The van der Waals surface area contributed by atoms with E-state index < -0.39 is 0 Å². The van der Waals surface area contributed by atoms with Crippen molar-refractivity contribution in [1.82, 2.24) is 5.32 Å². The Morgan fingerprint density at radius 3 is 2.69 bits per heavy atom. The van der Waals surface area contributed by atoms with Crippen LogP contribution in [0.3, 0.4) is 0 Å². The summed E-state index contributed by atoms with van der Waals surface area (Å²) < 4.78 is 0. The molecule has 1 saturated heterocycles. The maximum absolute atomic E-state index is 9.71. The van der Waals surface area contributed by atoms with Crippen molar-refractivity contribution in [3.8, 4) is 0 Å². The minimum absolute atomic E-state index is 0.195. The highest BCUT2D eigenvalue weighted by molar-refractivity contribution is 5.33. The molecule has 1 fully saturated rings. The minimum atomic E-state index is -0.195. The van der Waals surface area contributed by atoms with Crippen LogP contribution in [0.25, 0.3) is 0 Å². The molecule has 2 atom stereocenters. The fraction of sp³-hybridized carbons (Fsp3) is 0.571. The first-order valence-corrected chi connectivity index (χ1v) is 6.16. The van der Waals surface area contributed by atoms with Crippen LogP contribution in [0.4, 0.5) is 0 Å². The molecule has 1 aromatic carbocycles. The minimum Gasteiger partial charge on any atom is -0.392 e. The van der Waals surface area contributed by atoms with Gasteiger partial charge in [-0.25, -0.2) is 0 Å². The summed E-state index contributed by atoms with van der Waals surface area (Å²) in [6, 6.07) is 8.62. The van der Waals surface area contributed by atoms with Crippen LogP contribution in [0.5, 0.6) is 0 Å². The molecule has 0 spiro atoms. The second kappa shape index (κ2) is 4.98. The van der Waals surface area contributed by atoms with Crippen LogP contribution in [0.1, 0.15) is 43.2 Å². The van der Waals surface area contributed by atoms with E-state index in [1.165, 1.54) is 11.1 Å². The van der Waals surface area contributed by atoms with E-state index in [-0.39, 0.29) is 6.10 Å². The van der Waals surface area contributed by atoms with Gasteiger partial charge in [0.1, 0.15) is 0 Å². The Balaban J connectivity index is 2.25. The average Bonchev–Trinajstić information content (AvgIpc) is 2.29. The van der Waals surface area contributed by atoms with Crippen LogP contribution in [0.2, 0.25) is 0 Å². The van der Waals surface area contributed by atoms with Gasteiger partial charge in [0, 0.05) is 13.1 Å². The van der Waals surface area contributed by atoms with E-state index in [0.717, 1.165) is 19.5 Å². The van der Waals surface area contributed by atoms with Crippen LogP contribution in [-0.2, 0) is 0 Å². The van der Waals surface area contributed by atoms with Crippen molar-refractivity contribution < 1.29 is 5.11 Å². The third-order valence-corrected chi connectivity index (χ3v) is 3.39. The van der Waals surface area contributed by atoms with Gasteiger partial charge in [0.25, 0.3) is 0 Å². The van der Waals surface area contributed by atoms with Crippen molar-refractivity contribution in [1.29, 1.82) is 0 Å². The first-order chi connectivity index (χ1) is 7.68. The number of nitrogens with one attached hydrogen (secondary N) is 1. The quantitative estimate of drug-likeness (QED) is 0.799. The lowest BCUT2D eigenvalue weighted by Gasteiger charge is -2.29. The number of benzene rings is 1. The van der Waals surface area contributed by atoms with E-state index in [1.54, 1.807) is 0 Å². The Labute approximate surface area is 97.7 Å². The van der Waals surface area contributed by atoms with Gasteiger partial charge in [0.15, 0.2) is 0 Å². The predicted octanol–water partition coefficient (Wildman–Crippen LogP) is 2.25. The van der Waals surface area contributed by atoms with E-state index in [0.29, 0.717) is 11.8 Å². The third kappa shape index (κ3) is 2.45. The molecule has 2 rings (SSSR count). The van der Waals surface area contributed by atoms with Gasteiger partial charge in [0.2, 0.25) is 0 Å². The molecule has 1 aromatic rings. The van der Waals surface area contributed by atoms with E-state index in [2.05, 4.69) is 43.4 Å². The first kappa shape index (κ1) is 11.6. The Bertz CT molecular complexity index is 348. The molecule has 2 unspecified atom stereocenters. The van der Waals surface area contributed by atoms with E-state index >= 15 is 0 Å². The molecule has 0 amide bonds. The van der Waals surface area contributed by atoms with E-state index in [1.807, 2.05) is 0 Å². The van der Waals surface area contributed by atoms with E-state index in [9.17, 15) is 5.11 Å². The fourth-order valence-electron chi connectivity index (χ4n) is 2.56. The van der Waals surface area contributed by atoms with Crippen molar-refractivity contribution in [2.75, 3.05) is 13.1 Å². The summed E-state index contributed by atoms with van der Waals surface area (Å²) in [5, 5.41) is 13.0. The summed E-state index contributed by atoms with van der Waals surface area (Å²) >= 11 is 0. The van der Waals surface area contributed by atoms with Crippen molar-refractivity contribution in [3.05, 3.63) is 35.4 Å². The molecule has 88 valence electrons. The monoisotopic (exact) mass is 219 g/mol. The highest BCUT2D eigenvalue weighted by Crippen LogP contribution is 2.30. The summed E-state index contributed by atoms with van der Waals surface area (Å²) in [6.07, 6.45) is 0.690. The number of aliphatic hydroxyl groups excluding tert-OH is 1. The molecule has 1 aliphatic rings. The largest absolute Gasteiger partial charge is 0.392 e. The molecule has 0 bridgehead atoms. The highest BCUT2D eigenvalue weighted by atomic mass is 16.3. The second-order valence-electron chi connectivity index (χ2n) is 5.03. The van der Waals surface area contributed by atoms with Crippen LogP contribution in [0, 0.1) is 0 Å². The van der Waals surface area contributed by atoms with Crippen LogP contribution in [-0.4, -0.2) is 24.3 Å². The van der Waals surface area contributed by atoms with Gasteiger partial charge in [-0.1, -0.05) is 38.1 Å². The number of piperidine rings is 1. The van der Waals surface area contributed by atoms with Gasteiger partial charge in [-0.3, -0.25) is 0 Å². The van der Waals surface area contributed by atoms with Gasteiger partial charge in [-0.05, 0) is 29.4 Å². The summed E-state index contributed by atoms with van der Waals surface area (Å²) in [7, 11) is 0. The zero-order valence-corrected chi connectivity index (χ0v) is 10.1. The van der Waals surface area contributed by atoms with Crippen molar-refractivity contribution in [3.63, 3.8) is 0 Å². The highest BCUT2D eigenvalue weighted by Gasteiger charge is 2.23. The second-order valence-corrected chi connectivity index (χ2v) is 5.03. The molecular formula is C14H21NO. The smallest absolute Gasteiger partial charge is 0.0670 e. The normalized spacial score (nSPS) is 26.0. The molecule has 0 saturated carbocycles. The molecular weight excluding hydrogens is 198 g/mol. The Morgan fingerprint density at radius 2 is 2.00 bits per heavy atom. The van der Waals surface area contributed by atoms with Crippen molar-refractivity contribution in [2.45, 2.75) is 38.2 Å². The summed E-state index contributed by atoms with van der Waals surface area (Å²) in [5.41, 5.74) is 2.83. The van der Waals surface area contributed by atoms with Gasteiger partial charge < -0.3 is 10.4 Å². The van der Waals surface area contributed by atoms with Gasteiger partial charge in [-0.2, -0.15) is 0 Å². The molecule has 16 heavy (non-hydrogen) atoms. The molecule has 2 N–H and O–H groups in total. The third-order valence-electron chi connectivity index (χ3n) is 3.39. The van der Waals surface area contributed by atoms with Crippen molar-refractivity contribution in [2.24, 2.45) is 0 Å². The fourth-order valence-corrected chi connectivity index (χ4v) is 2.56. The lowest BCUT2D eigenvalue weighted by Crippen LogP contribution is -2.38. The topological polar surface area (TPSA) is 32.3 Å². The Morgan fingerprint density at radius 1 is 1.25 bits per heavy atom. The maximum atomic E-state index is 9.71. The summed E-state index contributed by atoms with van der Waals surface area (Å²) in [6.45, 7) is 6.18. The lowest BCUT2D eigenvalue weighted by molar-refractivity contribution is 0.132. The summed E-state index contributed by atoms with van der Waals surface area (Å²) in [5.74, 6) is 1.01. The SMILES string of the molecule is CC(C)c1ccccc1C1CNCC(O)C1. The van der Waals surface area contributed by atoms with Gasteiger partial charge in [-0.15, -0.1) is 0 Å². The molecule has 1 heterocycles. The van der Waals surface area contributed by atoms with Crippen LogP contribution >= 0.6 is 0 Å². The average molecular weight is 219 g/mol. The zero-order chi connectivity index (χ0) is 11.5. The number of aliphatic hydroxyl groups is 1. The van der Waals surface area contributed by atoms with E-state index in [4.69, 9.17) is 0 Å². The number of hydrogen-bond donors (Lipinski definition) is 2. The predicted molar refractivity (Wildman–Crippen MR) is 66.8 cm³/mol. The van der Waals surface area contributed by atoms with Gasteiger partial charge >= 0.3 is 0 Å². The van der Waals surface area contributed by atoms with Crippen molar-refractivity contribution >= 4 is 0 Å². The molecule has 0 aliphatic carbocycles. The van der Waals surface area contributed by atoms with Gasteiger partial charge in [0.05, 0.1) is 6.10 Å². The molecule has 0 aromatic heterocycles. The molecule has 2 nitrogen and oxygen atoms in total. The standard InChI is InChI=1S/C14H21NO/c1-10(2)13-5-3-4-6-14(13)11-7-12(16)9-15-8-11/h3-6,10-12,15-16H,7-9H2,1-2H3. The Hall–Kier alpha value is -0.860. The molecule has 1 aliphatic heterocycles. The summed E-state index contributed by atoms with van der Waals surface area (Å²) in [4.78, 5) is 0. The van der Waals surface area contributed by atoms with Crippen LogP contribution < -0.4 is 5.32 Å². The molecule has 2 heteroatoms. The number of hydrogen-bond acceptors (Lipinski definition) is 2. The number of β-amino-alcohol motifs (C(OH)–C–C–N with tert-alkyl or cyclic N) is 1. The zero-order valence-electron chi connectivity index (χ0n) is 10.1. The number of rotatable bonds is 2. The Kier molecular flexibility index (Phi) is 3.62. The lowest BCUT2D eigenvalue weighted by atomic mass is 9.84.